The highest BCUT2D eigenvalue weighted by Crippen LogP contribution is 2.38. The van der Waals surface area contributed by atoms with Crippen molar-refractivity contribution < 1.29 is 36.7 Å². The molecule has 0 N–H and O–H groups in total. The van der Waals surface area contributed by atoms with Crippen molar-refractivity contribution in [3.05, 3.63) is 35.7 Å². The Hall–Kier alpha value is -2.60. The number of allylic oxidation sites excluding steroid dienone is 3. The summed E-state index contributed by atoms with van der Waals surface area (Å²) >= 11 is 0. The van der Waals surface area contributed by atoms with Crippen molar-refractivity contribution in [3.63, 3.8) is 0 Å². The molecule has 2 saturated heterocycles. The summed E-state index contributed by atoms with van der Waals surface area (Å²) in [6.07, 6.45) is 1.41. The van der Waals surface area contributed by atoms with Gasteiger partial charge in [0.25, 0.3) is 0 Å². The Morgan fingerprint density at radius 2 is 2.03 bits per heavy atom. The predicted octanol–water partition coefficient (Wildman–Crippen LogP) is 3.11. The molecule has 4 rings (SSSR count). The quantitative estimate of drug-likeness (QED) is 0.610. The van der Waals surface area contributed by atoms with Crippen LogP contribution in [0.4, 0.5) is 18.0 Å². The van der Waals surface area contributed by atoms with Crippen LogP contribution in [-0.4, -0.2) is 85.4 Å². The Balaban J connectivity index is 1.48. The second-order valence-electron chi connectivity index (χ2n) is 8.68. The van der Waals surface area contributed by atoms with Crippen LogP contribution >= 0.6 is 0 Å². The van der Waals surface area contributed by atoms with E-state index in [1.165, 1.54) is 12.2 Å². The second-order valence-corrected chi connectivity index (χ2v) is 8.68. The number of carbonyl (C=O) groups is 1. The molecule has 0 saturated carbocycles. The SMILES string of the molecule is COCCc1noc(C2CC(C3C=CC(OC(F)(F)F)=CC3)CN(C(=O)N3CCOCC3)C2)n1. The molecule has 3 unspecified atom stereocenters. The van der Waals surface area contributed by atoms with E-state index in [0.29, 0.717) is 77.0 Å². The van der Waals surface area contributed by atoms with Gasteiger partial charge in [-0.05, 0) is 36.8 Å². The Kier molecular flexibility index (Phi) is 7.77. The van der Waals surface area contributed by atoms with Gasteiger partial charge in [-0.15, -0.1) is 13.2 Å². The number of morpholine rings is 1. The molecule has 0 spiro atoms. The summed E-state index contributed by atoms with van der Waals surface area (Å²) in [5.74, 6) is 0.596. The lowest BCUT2D eigenvalue weighted by atomic mass is 9.78. The third kappa shape index (κ3) is 6.29. The molecule has 2 fully saturated rings. The van der Waals surface area contributed by atoms with Crippen LogP contribution in [0.1, 0.15) is 30.5 Å². The van der Waals surface area contributed by atoms with Gasteiger partial charge in [0.05, 0.1) is 25.7 Å². The monoisotopic (exact) mass is 486 g/mol. The largest absolute Gasteiger partial charge is 0.573 e. The van der Waals surface area contributed by atoms with Crippen LogP contribution in [0.3, 0.4) is 0 Å². The van der Waals surface area contributed by atoms with Gasteiger partial charge in [0.15, 0.2) is 5.82 Å². The molecule has 12 heteroatoms. The molecule has 2 amide bonds. The molecule has 2 aliphatic heterocycles. The first-order valence-electron chi connectivity index (χ1n) is 11.4. The summed E-state index contributed by atoms with van der Waals surface area (Å²) in [5.41, 5.74) is 0. The van der Waals surface area contributed by atoms with Gasteiger partial charge in [-0.1, -0.05) is 11.2 Å². The molecule has 3 aliphatic rings. The van der Waals surface area contributed by atoms with Crippen molar-refractivity contribution in [1.29, 1.82) is 0 Å². The Morgan fingerprint density at radius 3 is 2.71 bits per heavy atom. The van der Waals surface area contributed by atoms with E-state index in [2.05, 4.69) is 14.9 Å². The number of alkyl halides is 3. The van der Waals surface area contributed by atoms with E-state index >= 15 is 0 Å². The van der Waals surface area contributed by atoms with E-state index < -0.39 is 6.36 Å². The lowest BCUT2D eigenvalue weighted by Crippen LogP contribution is -2.53. The number of carbonyl (C=O) groups excluding carboxylic acids is 1. The van der Waals surface area contributed by atoms with E-state index in [4.69, 9.17) is 14.0 Å². The molecule has 0 radical (unpaired) electrons. The maximum atomic E-state index is 13.3. The number of rotatable bonds is 6. The lowest BCUT2D eigenvalue weighted by molar-refractivity contribution is -0.303. The number of nitrogens with zero attached hydrogens (tertiary/aromatic N) is 4. The van der Waals surface area contributed by atoms with E-state index in [1.807, 2.05) is 0 Å². The molecule has 34 heavy (non-hydrogen) atoms. The molecule has 1 aliphatic carbocycles. The number of halogens is 3. The van der Waals surface area contributed by atoms with Gasteiger partial charge in [-0.3, -0.25) is 0 Å². The second kappa shape index (κ2) is 10.8. The fraction of sp³-hybridized carbons (Fsp3) is 0.682. The molecule has 1 aromatic rings. The summed E-state index contributed by atoms with van der Waals surface area (Å²) < 4.78 is 57.6. The number of aromatic nitrogens is 2. The Bertz CT molecular complexity index is 897. The highest BCUT2D eigenvalue weighted by atomic mass is 19.4. The van der Waals surface area contributed by atoms with Crippen molar-refractivity contribution in [1.82, 2.24) is 19.9 Å². The number of amides is 2. The van der Waals surface area contributed by atoms with Crippen LogP contribution in [0, 0.1) is 11.8 Å². The number of ether oxygens (including phenoxy) is 3. The minimum absolute atomic E-state index is 0.0120. The topological polar surface area (TPSA) is 90.2 Å². The first-order valence-corrected chi connectivity index (χ1v) is 11.4. The standard InChI is InChI=1S/C22H29F3N4O5/c1-31-9-6-19-26-20(34-27-19)17-12-16(15-2-4-18(5-3-15)33-22(23,24)25)13-29(14-17)21(30)28-7-10-32-11-8-28/h2,4-5,15-17H,3,6-14H2,1H3. The fourth-order valence-electron chi connectivity index (χ4n) is 4.64. The Morgan fingerprint density at radius 1 is 1.24 bits per heavy atom. The zero-order valence-corrected chi connectivity index (χ0v) is 19.0. The zero-order valence-electron chi connectivity index (χ0n) is 19.0. The first kappa shape index (κ1) is 24.5. The van der Waals surface area contributed by atoms with E-state index in [0.717, 1.165) is 0 Å². The minimum atomic E-state index is -4.72. The van der Waals surface area contributed by atoms with Crippen molar-refractivity contribution in [2.75, 3.05) is 53.1 Å². The van der Waals surface area contributed by atoms with Gasteiger partial charge >= 0.3 is 12.4 Å². The Labute approximate surface area is 195 Å². The highest BCUT2D eigenvalue weighted by Gasteiger charge is 2.39. The van der Waals surface area contributed by atoms with Crippen LogP contribution in [0.25, 0.3) is 0 Å². The van der Waals surface area contributed by atoms with Gasteiger partial charge in [-0.25, -0.2) is 4.79 Å². The van der Waals surface area contributed by atoms with Gasteiger partial charge in [-0.2, -0.15) is 4.98 Å². The summed E-state index contributed by atoms with van der Waals surface area (Å²) in [4.78, 5) is 21.3. The molecule has 188 valence electrons. The molecular formula is C22H29F3N4O5. The maximum absolute atomic E-state index is 13.3. The normalized spacial score (nSPS) is 25.9. The molecule has 9 nitrogen and oxygen atoms in total. The number of hydrogen-bond donors (Lipinski definition) is 0. The van der Waals surface area contributed by atoms with Gasteiger partial charge < -0.3 is 28.5 Å². The van der Waals surface area contributed by atoms with Crippen molar-refractivity contribution in [2.45, 2.75) is 31.5 Å². The van der Waals surface area contributed by atoms with Gasteiger partial charge in [0.1, 0.15) is 5.76 Å². The number of methoxy groups -OCH3 is 1. The van der Waals surface area contributed by atoms with Crippen molar-refractivity contribution in [2.24, 2.45) is 11.8 Å². The minimum Gasteiger partial charge on any atom is -0.406 e. The summed E-state index contributed by atoms with van der Waals surface area (Å²) in [7, 11) is 1.60. The van der Waals surface area contributed by atoms with E-state index in [9.17, 15) is 18.0 Å². The van der Waals surface area contributed by atoms with Gasteiger partial charge in [0.2, 0.25) is 5.89 Å². The summed E-state index contributed by atoms with van der Waals surface area (Å²) in [6, 6.07) is -0.0754. The predicted molar refractivity (Wildman–Crippen MR) is 113 cm³/mol. The van der Waals surface area contributed by atoms with E-state index in [1.54, 1.807) is 23.0 Å². The average Bonchev–Trinajstić information content (AvgIpc) is 3.31. The third-order valence-electron chi connectivity index (χ3n) is 6.34. The molecule has 3 heterocycles. The zero-order chi connectivity index (χ0) is 24.1. The number of likely N-dealkylation sites (tertiary alicyclic amines) is 1. The average molecular weight is 486 g/mol. The van der Waals surface area contributed by atoms with E-state index in [-0.39, 0.29) is 29.5 Å². The molecule has 0 aromatic carbocycles. The van der Waals surface area contributed by atoms with Crippen LogP contribution in [-0.2, 0) is 20.6 Å². The number of urea groups is 1. The van der Waals surface area contributed by atoms with Gasteiger partial charge in [0, 0.05) is 39.7 Å². The molecule has 0 bridgehead atoms. The van der Waals surface area contributed by atoms with Crippen LogP contribution in [0.5, 0.6) is 0 Å². The van der Waals surface area contributed by atoms with Crippen LogP contribution in [0.2, 0.25) is 0 Å². The third-order valence-corrected chi connectivity index (χ3v) is 6.34. The smallest absolute Gasteiger partial charge is 0.406 e. The maximum Gasteiger partial charge on any atom is 0.573 e. The molecular weight excluding hydrogens is 457 g/mol. The van der Waals surface area contributed by atoms with Crippen molar-refractivity contribution in [3.8, 4) is 0 Å². The summed E-state index contributed by atoms with van der Waals surface area (Å²) in [6.45, 7) is 3.44. The highest BCUT2D eigenvalue weighted by molar-refractivity contribution is 5.74. The molecule has 3 atom stereocenters. The first-order chi connectivity index (χ1) is 16.3. The summed E-state index contributed by atoms with van der Waals surface area (Å²) in [5, 5.41) is 4.03. The number of piperidine rings is 1. The van der Waals surface area contributed by atoms with Crippen molar-refractivity contribution >= 4 is 6.03 Å². The van der Waals surface area contributed by atoms with Crippen LogP contribution in [0.15, 0.2) is 28.5 Å². The fourth-order valence-corrected chi connectivity index (χ4v) is 4.64. The van der Waals surface area contributed by atoms with Crippen LogP contribution < -0.4 is 0 Å². The number of hydrogen-bond acceptors (Lipinski definition) is 7. The molecule has 1 aromatic heterocycles. The lowest BCUT2D eigenvalue weighted by Gasteiger charge is -2.42.